The molecule has 5 aromatic carbocycles. The predicted octanol–water partition coefficient (Wildman–Crippen LogP) is 7.06. The Labute approximate surface area is 170 Å². The summed E-state index contributed by atoms with van der Waals surface area (Å²) in [6.45, 7) is 0. The fourth-order valence-corrected chi connectivity index (χ4v) is 5.52. The molecule has 0 unspecified atom stereocenters. The monoisotopic (exact) mass is 368 g/mol. The summed E-state index contributed by atoms with van der Waals surface area (Å²) in [6, 6.07) is 31.9. The summed E-state index contributed by atoms with van der Waals surface area (Å²) in [5.41, 5.74) is 12.0. The number of rotatable bonds is 0. The minimum atomic E-state index is 1.05. The van der Waals surface area contributed by atoms with Gasteiger partial charge in [0.15, 0.2) is 0 Å². The van der Waals surface area contributed by atoms with Crippen LogP contribution in [-0.2, 0) is 19.3 Å². The summed E-state index contributed by atoms with van der Waals surface area (Å²) in [5, 5.41) is 5.41. The lowest BCUT2D eigenvalue weighted by Crippen LogP contribution is -2.09. The molecule has 0 atom stereocenters. The van der Waals surface area contributed by atoms with E-state index in [4.69, 9.17) is 0 Å². The first-order valence-electron chi connectivity index (χ1n) is 10.5. The summed E-state index contributed by atoms with van der Waals surface area (Å²) < 4.78 is 0. The molecule has 29 heavy (non-hydrogen) atoms. The highest BCUT2D eigenvalue weighted by Gasteiger charge is 2.26. The molecular weight excluding hydrogens is 348 g/mol. The third kappa shape index (κ3) is 2.20. The highest BCUT2D eigenvalue weighted by atomic mass is 14.3. The number of hydrogen-bond acceptors (Lipinski definition) is 0. The first kappa shape index (κ1) is 15.5. The quantitative estimate of drug-likeness (QED) is 0.269. The van der Waals surface area contributed by atoms with Gasteiger partial charge >= 0.3 is 0 Å². The normalized spacial score (nSPS) is 13.8. The van der Waals surface area contributed by atoms with Gasteiger partial charge in [-0.15, -0.1) is 0 Å². The molecule has 0 aromatic heterocycles. The van der Waals surface area contributed by atoms with Crippen LogP contribution in [0.3, 0.4) is 0 Å². The summed E-state index contributed by atoms with van der Waals surface area (Å²) >= 11 is 0. The minimum Gasteiger partial charge on any atom is -0.0616 e. The molecule has 0 amide bonds. The van der Waals surface area contributed by atoms with Crippen LogP contribution in [0.1, 0.15) is 33.4 Å². The minimum absolute atomic E-state index is 1.05. The first-order chi connectivity index (χ1) is 14.3. The van der Waals surface area contributed by atoms with E-state index in [1.807, 2.05) is 0 Å². The Morgan fingerprint density at radius 3 is 1.62 bits per heavy atom. The molecule has 0 heteroatoms. The van der Waals surface area contributed by atoms with Crippen LogP contribution in [0.15, 0.2) is 84.9 Å². The molecule has 0 heterocycles. The van der Waals surface area contributed by atoms with Gasteiger partial charge in [-0.1, -0.05) is 78.9 Å². The molecule has 0 nitrogen and oxygen atoms in total. The molecule has 0 N–H and O–H groups in total. The Morgan fingerprint density at radius 1 is 0.414 bits per heavy atom. The SMILES string of the molecule is c1ccc2cc3c(cc2c1)Cc1ccc2c(c1C3)-c1cc3ccccc3cc1C2. The van der Waals surface area contributed by atoms with Crippen LogP contribution in [0.5, 0.6) is 0 Å². The van der Waals surface area contributed by atoms with E-state index in [-0.39, 0.29) is 0 Å². The van der Waals surface area contributed by atoms with Gasteiger partial charge in [-0.3, -0.25) is 0 Å². The van der Waals surface area contributed by atoms with Gasteiger partial charge in [0.2, 0.25) is 0 Å². The van der Waals surface area contributed by atoms with Gasteiger partial charge < -0.3 is 0 Å². The van der Waals surface area contributed by atoms with Crippen molar-refractivity contribution in [2.24, 2.45) is 0 Å². The molecule has 5 aromatic rings. The fraction of sp³-hybridized carbons (Fsp3) is 0.103. The number of fused-ring (bicyclic) bond motifs is 8. The molecule has 0 fully saturated rings. The van der Waals surface area contributed by atoms with Gasteiger partial charge in [0, 0.05) is 0 Å². The van der Waals surface area contributed by atoms with Gasteiger partial charge in [-0.25, -0.2) is 0 Å². The zero-order valence-corrected chi connectivity index (χ0v) is 16.2. The topological polar surface area (TPSA) is 0 Å². The zero-order valence-electron chi connectivity index (χ0n) is 16.2. The molecule has 2 aliphatic carbocycles. The van der Waals surface area contributed by atoms with Crippen molar-refractivity contribution in [3.8, 4) is 11.1 Å². The van der Waals surface area contributed by atoms with Crippen molar-refractivity contribution in [3.05, 3.63) is 118 Å². The van der Waals surface area contributed by atoms with E-state index in [2.05, 4.69) is 84.9 Å². The van der Waals surface area contributed by atoms with Crippen molar-refractivity contribution in [2.45, 2.75) is 19.3 Å². The molecule has 136 valence electrons. The van der Waals surface area contributed by atoms with Gasteiger partial charge in [0.05, 0.1) is 0 Å². The van der Waals surface area contributed by atoms with Gasteiger partial charge in [-0.2, -0.15) is 0 Å². The molecule has 0 saturated carbocycles. The summed E-state index contributed by atoms with van der Waals surface area (Å²) in [7, 11) is 0. The average molecular weight is 368 g/mol. The smallest absolute Gasteiger partial charge is 0.00131 e. The Bertz CT molecular complexity index is 1470. The Hall–Kier alpha value is -3.38. The largest absolute Gasteiger partial charge is 0.0616 e. The average Bonchev–Trinajstić information content (AvgIpc) is 3.12. The maximum atomic E-state index is 2.42. The van der Waals surface area contributed by atoms with Gasteiger partial charge in [-0.05, 0) is 91.4 Å². The highest BCUT2D eigenvalue weighted by Crippen LogP contribution is 2.45. The van der Waals surface area contributed by atoms with Crippen LogP contribution in [0.25, 0.3) is 32.7 Å². The van der Waals surface area contributed by atoms with E-state index in [0.29, 0.717) is 0 Å². The predicted molar refractivity (Wildman–Crippen MR) is 122 cm³/mol. The van der Waals surface area contributed by atoms with Gasteiger partial charge in [0.1, 0.15) is 0 Å². The summed E-state index contributed by atoms with van der Waals surface area (Å²) in [5.74, 6) is 0. The van der Waals surface area contributed by atoms with Crippen molar-refractivity contribution < 1.29 is 0 Å². The zero-order chi connectivity index (χ0) is 18.9. The maximum absolute atomic E-state index is 2.42. The molecule has 0 saturated heterocycles. The third-order valence-electron chi connectivity index (χ3n) is 6.93. The second-order valence-corrected chi connectivity index (χ2v) is 8.59. The maximum Gasteiger partial charge on any atom is -0.00131 e. The lowest BCUT2D eigenvalue weighted by Gasteiger charge is -2.23. The molecule has 0 radical (unpaired) electrons. The van der Waals surface area contributed by atoms with E-state index in [0.717, 1.165) is 19.3 Å². The lowest BCUT2D eigenvalue weighted by molar-refractivity contribution is 1.01. The van der Waals surface area contributed by atoms with Crippen LogP contribution in [0.2, 0.25) is 0 Å². The van der Waals surface area contributed by atoms with Crippen LogP contribution in [0.4, 0.5) is 0 Å². The van der Waals surface area contributed by atoms with E-state index in [9.17, 15) is 0 Å². The van der Waals surface area contributed by atoms with Crippen molar-refractivity contribution in [3.63, 3.8) is 0 Å². The van der Waals surface area contributed by atoms with Crippen molar-refractivity contribution in [1.29, 1.82) is 0 Å². The fourth-order valence-electron chi connectivity index (χ4n) is 5.52. The van der Waals surface area contributed by atoms with Crippen LogP contribution in [0, 0.1) is 0 Å². The molecular formula is C29H20. The van der Waals surface area contributed by atoms with Crippen molar-refractivity contribution in [2.75, 3.05) is 0 Å². The second kappa shape index (κ2) is 5.58. The Kier molecular flexibility index (Phi) is 2.99. The molecule has 7 rings (SSSR count). The van der Waals surface area contributed by atoms with Crippen molar-refractivity contribution >= 4 is 21.5 Å². The number of hydrogen-bond donors (Lipinski definition) is 0. The van der Waals surface area contributed by atoms with E-state index in [1.165, 1.54) is 60.5 Å². The van der Waals surface area contributed by atoms with E-state index in [1.54, 1.807) is 5.56 Å². The summed E-state index contributed by atoms with van der Waals surface area (Å²) in [4.78, 5) is 0. The number of benzene rings is 5. The third-order valence-corrected chi connectivity index (χ3v) is 6.93. The van der Waals surface area contributed by atoms with Crippen molar-refractivity contribution in [1.82, 2.24) is 0 Å². The van der Waals surface area contributed by atoms with Crippen LogP contribution >= 0.6 is 0 Å². The van der Waals surface area contributed by atoms with E-state index < -0.39 is 0 Å². The first-order valence-corrected chi connectivity index (χ1v) is 10.5. The standard InChI is InChI=1S/C29H20/c1-2-6-19-12-25-17-27-22(14-24(25)11-18(19)5-1)9-10-23-15-26-13-20-7-3-4-8-21(20)16-28(26)29(23)27/h1-13,16H,14-15,17H2. The van der Waals surface area contributed by atoms with Crippen LogP contribution < -0.4 is 0 Å². The molecule has 0 bridgehead atoms. The lowest BCUT2D eigenvalue weighted by atomic mass is 9.81. The van der Waals surface area contributed by atoms with E-state index >= 15 is 0 Å². The highest BCUT2D eigenvalue weighted by molar-refractivity contribution is 5.93. The summed E-state index contributed by atoms with van der Waals surface area (Å²) in [6.07, 6.45) is 3.16. The van der Waals surface area contributed by atoms with Crippen LogP contribution in [-0.4, -0.2) is 0 Å². The van der Waals surface area contributed by atoms with Gasteiger partial charge in [0.25, 0.3) is 0 Å². The molecule has 0 aliphatic heterocycles. The Balaban J connectivity index is 1.44. The Morgan fingerprint density at radius 2 is 0.931 bits per heavy atom. The molecule has 0 spiro atoms. The molecule has 2 aliphatic rings. The second-order valence-electron chi connectivity index (χ2n) is 8.59.